The van der Waals surface area contributed by atoms with Gasteiger partial charge in [-0.1, -0.05) is 30.3 Å². The van der Waals surface area contributed by atoms with Crippen molar-refractivity contribution in [2.24, 2.45) is 7.05 Å². The van der Waals surface area contributed by atoms with Crippen LogP contribution in [0.2, 0.25) is 0 Å². The number of aryl methyl sites for hydroxylation is 1. The number of amides is 1. The minimum absolute atomic E-state index is 0.0152. The SMILES string of the molecule is COCCNC(=O)Cc1c(C)n(C)c2nc(-c3ccccc3)nn2c1=O. The van der Waals surface area contributed by atoms with E-state index in [0.29, 0.717) is 36.0 Å². The molecule has 0 saturated heterocycles. The van der Waals surface area contributed by atoms with Gasteiger partial charge in [0.2, 0.25) is 11.7 Å². The largest absolute Gasteiger partial charge is 0.383 e. The maximum atomic E-state index is 12.9. The van der Waals surface area contributed by atoms with Crippen molar-refractivity contribution in [3.05, 3.63) is 51.9 Å². The standard InChI is InChI=1S/C18H21N5O3/c1-12-14(11-15(24)19-9-10-26-3)17(25)23-18(22(12)2)20-16(21-23)13-7-5-4-6-8-13/h4-8H,9-11H2,1-3H3,(H,19,24). The van der Waals surface area contributed by atoms with Gasteiger partial charge >= 0.3 is 0 Å². The van der Waals surface area contributed by atoms with Crippen molar-refractivity contribution in [3.8, 4) is 11.4 Å². The Morgan fingerprint density at radius 1 is 1.27 bits per heavy atom. The van der Waals surface area contributed by atoms with Gasteiger partial charge in [-0.25, -0.2) is 0 Å². The number of rotatable bonds is 6. The third kappa shape index (κ3) is 3.36. The Bertz CT molecular complexity index is 991. The van der Waals surface area contributed by atoms with Crippen LogP contribution in [0.3, 0.4) is 0 Å². The number of methoxy groups -OCH3 is 1. The van der Waals surface area contributed by atoms with Crippen LogP contribution in [-0.4, -0.2) is 45.3 Å². The Hall–Kier alpha value is -3.00. The smallest absolute Gasteiger partial charge is 0.279 e. The van der Waals surface area contributed by atoms with Crippen LogP contribution in [-0.2, 0) is 23.0 Å². The number of carbonyl (C=O) groups excluding carboxylic acids is 1. The molecule has 0 spiro atoms. The number of fused-ring (bicyclic) bond motifs is 1. The molecular weight excluding hydrogens is 334 g/mol. The molecule has 8 nitrogen and oxygen atoms in total. The van der Waals surface area contributed by atoms with Crippen LogP contribution < -0.4 is 10.9 Å². The van der Waals surface area contributed by atoms with E-state index in [2.05, 4.69) is 15.4 Å². The summed E-state index contributed by atoms with van der Waals surface area (Å²) in [6.45, 7) is 2.62. The molecule has 3 rings (SSSR count). The quantitative estimate of drug-likeness (QED) is 0.658. The zero-order valence-corrected chi connectivity index (χ0v) is 15.0. The molecule has 1 N–H and O–H groups in total. The van der Waals surface area contributed by atoms with Crippen molar-refractivity contribution >= 4 is 11.7 Å². The first-order valence-electron chi connectivity index (χ1n) is 8.29. The van der Waals surface area contributed by atoms with Crippen molar-refractivity contribution in [3.63, 3.8) is 0 Å². The molecule has 0 fully saturated rings. The second-order valence-electron chi connectivity index (χ2n) is 5.96. The number of ether oxygens (including phenoxy) is 1. The van der Waals surface area contributed by atoms with E-state index in [9.17, 15) is 9.59 Å². The van der Waals surface area contributed by atoms with E-state index in [1.54, 1.807) is 25.6 Å². The van der Waals surface area contributed by atoms with Crippen LogP contribution in [0.4, 0.5) is 0 Å². The summed E-state index contributed by atoms with van der Waals surface area (Å²) in [6, 6.07) is 9.45. The third-order valence-corrected chi connectivity index (χ3v) is 4.28. The van der Waals surface area contributed by atoms with Gasteiger partial charge in [0.15, 0.2) is 5.82 Å². The van der Waals surface area contributed by atoms with Crippen LogP contribution in [0.15, 0.2) is 35.1 Å². The van der Waals surface area contributed by atoms with Crippen LogP contribution in [0.5, 0.6) is 0 Å². The van der Waals surface area contributed by atoms with Gasteiger partial charge in [0.1, 0.15) is 0 Å². The van der Waals surface area contributed by atoms with Crippen molar-refractivity contribution in [2.75, 3.05) is 20.3 Å². The fraction of sp³-hybridized carbons (Fsp3) is 0.333. The van der Waals surface area contributed by atoms with Gasteiger partial charge in [0.05, 0.1) is 13.0 Å². The summed E-state index contributed by atoms with van der Waals surface area (Å²) < 4.78 is 7.94. The molecule has 8 heteroatoms. The van der Waals surface area contributed by atoms with E-state index < -0.39 is 0 Å². The maximum Gasteiger partial charge on any atom is 0.279 e. The Kier molecular flexibility index (Phi) is 5.13. The molecule has 1 aromatic carbocycles. The van der Waals surface area contributed by atoms with Gasteiger partial charge in [-0.2, -0.15) is 9.50 Å². The summed E-state index contributed by atoms with van der Waals surface area (Å²) in [6.07, 6.45) is -0.0152. The fourth-order valence-corrected chi connectivity index (χ4v) is 2.72. The average molecular weight is 355 g/mol. The number of carbonyl (C=O) groups is 1. The van der Waals surface area contributed by atoms with E-state index >= 15 is 0 Å². The van der Waals surface area contributed by atoms with E-state index in [1.165, 1.54) is 4.52 Å². The molecule has 0 atom stereocenters. The molecule has 0 saturated carbocycles. The molecule has 0 radical (unpaired) electrons. The number of aromatic nitrogens is 4. The summed E-state index contributed by atoms with van der Waals surface area (Å²) in [5.74, 6) is 0.680. The second-order valence-corrected chi connectivity index (χ2v) is 5.96. The Morgan fingerprint density at radius 3 is 2.69 bits per heavy atom. The molecule has 3 aromatic rings. The highest BCUT2D eigenvalue weighted by Gasteiger charge is 2.18. The summed E-state index contributed by atoms with van der Waals surface area (Å²) in [5, 5.41) is 7.08. The predicted molar refractivity (Wildman–Crippen MR) is 97.0 cm³/mol. The minimum atomic E-state index is -0.327. The van der Waals surface area contributed by atoms with E-state index in [0.717, 1.165) is 5.56 Å². The number of nitrogens with one attached hydrogen (secondary N) is 1. The van der Waals surface area contributed by atoms with E-state index in [-0.39, 0.29) is 17.9 Å². The molecule has 2 aromatic heterocycles. The lowest BCUT2D eigenvalue weighted by atomic mass is 10.1. The zero-order chi connectivity index (χ0) is 18.7. The molecule has 2 heterocycles. The highest BCUT2D eigenvalue weighted by molar-refractivity contribution is 5.78. The monoisotopic (exact) mass is 355 g/mol. The lowest BCUT2D eigenvalue weighted by molar-refractivity contribution is -0.120. The van der Waals surface area contributed by atoms with Gasteiger partial charge in [-0.15, -0.1) is 5.10 Å². The van der Waals surface area contributed by atoms with E-state index in [1.807, 2.05) is 30.3 Å². The maximum absolute atomic E-state index is 12.9. The Balaban J connectivity index is 2.01. The van der Waals surface area contributed by atoms with Crippen molar-refractivity contribution < 1.29 is 9.53 Å². The van der Waals surface area contributed by atoms with Gasteiger partial charge in [0.25, 0.3) is 5.56 Å². The molecule has 26 heavy (non-hydrogen) atoms. The summed E-state index contributed by atoms with van der Waals surface area (Å²) in [4.78, 5) is 29.4. The summed E-state index contributed by atoms with van der Waals surface area (Å²) in [5.41, 5.74) is 1.59. The predicted octanol–water partition coefficient (Wildman–Crippen LogP) is 0.709. The normalized spacial score (nSPS) is 11.0. The fourth-order valence-electron chi connectivity index (χ4n) is 2.72. The minimum Gasteiger partial charge on any atom is -0.383 e. The zero-order valence-electron chi connectivity index (χ0n) is 15.0. The number of hydrogen-bond acceptors (Lipinski definition) is 5. The highest BCUT2D eigenvalue weighted by atomic mass is 16.5. The molecule has 0 aliphatic rings. The molecule has 0 bridgehead atoms. The lowest BCUT2D eigenvalue weighted by Crippen LogP contribution is -2.33. The average Bonchev–Trinajstić information content (AvgIpc) is 3.10. The topological polar surface area (TPSA) is 90.5 Å². The first-order chi connectivity index (χ1) is 12.5. The molecule has 0 aliphatic heterocycles. The summed E-state index contributed by atoms with van der Waals surface area (Å²) in [7, 11) is 3.37. The van der Waals surface area contributed by atoms with Crippen molar-refractivity contribution in [1.82, 2.24) is 24.5 Å². The van der Waals surface area contributed by atoms with Crippen LogP contribution in [0.1, 0.15) is 11.3 Å². The number of benzene rings is 1. The number of hydrogen-bond donors (Lipinski definition) is 1. The van der Waals surface area contributed by atoms with Gasteiger partial charge in [-0.3, -0.25) is 9.59 Å². The molecule has 0 aliphatic carbocycles. The number of nitrogens with zero attached hydrogens (tertiary/aromatic N) is 4. The van der Waals surface area contributed by atoms with Crippen LogP contribution in [0.25, 0.3) is 17.2 Å². The molecule has 0 unspecified atom stereocenters. The first-order valence-corrected chi connectivity index (χ1v) is 8.29. The van der Waals surface area contributed by atoms with Crippen LogP contribution in [0, 0.1) is 6.92 Å². The molecule has 1 amide bonds. The van der Waals surface area contributed by atoms with Gasteiger partial charge in [0, 0.05) is 37.5 Å². The third-order valence-electron chi connectivity index (χ3n) is 4.28. The Morgan fingerprint density at radius 2 is 2.00 bits per heavy atom. The Labute approximate surface area is 150 Å². The lowest BCUT2D eigenvalue weighted by Gasteiger charge is -2.11. The molecule has 136 valence electrons. The second kappa shape index (κ2) is 7.49. The van der Waals surface area contributed by atoms with Crippen LogP contribution >= 0.6 is 0 Å². The van der Waals surface area contributed by atoms with Crippen molar-refractivity contribution in [2.45, 2.75) is 13.3 Å². The van der Waals surface area contributed by atoms with E-state index in [4.69, 9.17) is 4.74 Å². The van der Waals surface area contributed by atoms with Gasteiger partial charge in [-0.05, 0) is 6.92 Å². The summed E-state index contributed by atoms with van der Waals surface area (Å²) >= 11 is 0. The molecular formula is C18H21N5O3. The van der Waals surface area contributed by atoms with Gasteiger partial charge < -0.3 is 14.6 Å². The first kappa shape index (κ1) is 17.8. The highest BCUT2D eigenvalue weighted by Crippen LogP contribution is 2.16. The van der Waals surface area contributed by atoms with Crippen molar-refractivity contribution in [1.29, 1.82) is 0 Å².